The lowest BCUT2D eigenvalue weighted by molar-refractivity contribution is 0.249. The number of fused-ring (bicyclic) bond motifs is 2. The van der Waals surface area contributed by atoms with Crippen LogP contribution in [0.4, 0.5) is 10.0 Å². The number of nitrogens with zero attached hydrogens (tertiary/aromatic N) is 4. The molecular weight excluding hydrogens is 553 g/mol. The van der Waals surface area contributed by atoms with E-state index in [9.17, 15) is 10.5 Å². The minimum atomic E-state index is 0.410. The number of rotatable bonds is 6. The van der Waals surface area contributed by atoms with Crippen molar-refractivity contribution in [1.29, 1.82) is 10.5 Å². The molecule has 6 nitrogen and oxygen atoms in total. The van der Waals surface area contributed by atoms with E-state index in [-0.39, 0.29) is 0 Å². The van der Waals surface area contributed by atoms with Crippen LogP contribution in [0.5, 0.6) is 0 Å². The molecule has 2 N–H and O–H groups in total. The zero-order valence-corrected chi connectivity index (χ0v) is 24.4. The molecule has 2 aromatic carbocycles. The van der Waals surface area contributed by atoms with Crippen molar-refractivity contribution in [1.82, 2.24) is 9.80 Å². The molecule has 9 heteroatoms. The zero-order valence-electron chi connectivity index (χ0n) is 21.9. The molecule has 0 unspecified atom stereocenters. The van der Waals surface area contributed by atoms with E-state index in [1.54, 1.807) is 22.7 Å². The largest absolute Gasteiger partial charge is 0.323 e. The van der Waals surface area contributed by atoms with Crippen LogP contribution in [0.15, 0.2) is 60.7 Å². The minimum Gasteiger partial charge on any atom is -0.323 e. The maximum absolute atomic E-state index is 9.98. The van der Waals surface area contributed by atoms with Gasteiger partial charge in [-0.1, -0.05) is 60.7 Å². The standard InChI is InChI=1S/C31H28N6S3/c32-15-25-23-11-13-36(17-21-7-3-1-4-8-21)19-27(23)39-29(25)34-31(38)35-30-26(16-33)24-12-14-37(20-28(24)40-30)18-22-9-5-2-6-10-22/h1-10H,11-14,17-20H2,(H2,34,35,38). The van der Waals surface area contributed by atoms with E-state index < -0.39 is 0 Å². The van der Waals surface area contributed by atoms with Gasteiger partial charge in [0, 0.05) is 49.0 Å². The Bertz CT molecular complexity index is 1490. The van der Waals surface area contributed by atoms with Crippen LogP contribution in [0.1, 0.15) is 43.1 Å². The van der Waals surface area contributed by atoms with Gasteiger partial charge in [0.15, 0.2) is 5.11 Å². The van der Waals surface area contributed by atoms with Crippen LogP contribution >= 0.6 is 34.9 Å². The summed E-state index contributed by atoms with van der Waals surface area (Å²) in [6.45, 7) is 5.27. The fourth-order valence-electron chi connectivity index (χ4n) is 5.52. The van der Waals surface area contributed by atoms with Crippen molar-refractivity contribution in [2.75, 3.05) is 23.7 Å². The fraction of sp³-hybridized carbons (Fsp3) is 0.258. The third-order valence-corrected chi connectivity index (χ3v) is 9.92. The summed E-state index contributed by atoms with van der Waals surface area (Å²) in [6, 6.07) is 25.8. The lowest BCUT2D eigenvalue weighted by Crippen LogP contribution is -2.29. The quantitative estimate of drug-likeness (QED) is 0.253. The topological polar surface area (TPSA) is 78.1 Å². The van der Waals surface area contributed by atoms with Crippen molar-refractivity contribution in [3.05, 3.63) is 104 Å². The molecule has 0 amide bonds. The van der Waals surface area contributed by atoms with E-state index in [1.165, 1.54) is 20.9 Å². The Labute approximate surface area is 248 Å². The summed E-state index contributed by atoms with van der Waals surface area (Å²) in [7, 11) is 0. The Hall–Kier alpha value is -3.57. The van der Waals surface area contributed by atoms with Crippen LogP contribution in [-0.2, 0) is 39.0 Å². The molecule has 0 radical (unpaired) electrons. The van der Waals surface area contributed by atoms with Crippen LogP contribution in [0.3, 0.4) is 0 Å². The Morgan fingerprint density at radius 3 is 1.55 bits per heavy atom. The van der Waals surface area contributed by atoms with Crippen LogP contribution in [0.25, 0.3) is 0 Å². The number of benzene rings is 2. The van der Waals surface area contributed by atoms with Gasteiger partial charge in [0.2, 0.25) is 0 Å². The third kappa shape index (κ3) is 5.66. The molecule has 0 saturated carbocycles. The van der Waals surface area contributed by atoms with Crippen molar-refractivity contribution >= 4 is 50.0 Å². The third-order valence-electron chi connectivity index (χ3n) is 7.45. The van der Waals surface area contributed by atoms with Gasteiger partial charge in [-0.05, 0) is 47.3 Å². The van der Waals surface area contributed by atoms with E-state index in [2.05, 4.69) is 81.1 Å². The molecule has 0 saturated heterocycles. The average Bonchev–Trinajstić information content (AvgIpc) is 3.49. The van der Waals surface area contributed by atoms with Crippen molar-refractivity contribution in [3.8, 4) is 12.1 Å². The van der Waals surface area contributed by atoms with E-state index >= 15 is 0 Å². The average molecular weight is 581 g/mol. The fourth-order valence-corrected chi connectivity index (χ4v) is 8.34. The number of hydrogen-bond acceptors (Lipinski definition) is 7. The number of nitriles is 2. The van der Waals surface area contributed by atoms with Crippen LogP contribution in [0, 0.1) is 22.7 Å². The van der Waals surface area contributed by atoms with E-state index in [1.807, 2.05) is 12.1 Å². The number of hydrogen-bond donors (Lipinski definition) is 2. The van der Waals surface area contributed by atoms with Crippen molar-refractivity contribution in [3.63, 3.8) is 0 Å². The second-order valence-corrected chi connectivity index (χ2v) is 12.7. The Kier molecular flexibility index (Phi) is 7.92. The van der Waals surface area contributed by atoms with Gasteiger partial charge in [-0.2, -0.15) is 10.5 Å². The van der Waals surface area contributed by atoms with Crippen molar-refractivity contribution < 1.29 is 0 Å². The lowest BCUT2D eigenvalue weighted by atomic mass is 10.0. The van der Waals surface area contributed by atoms with Crippen LogP contribution in [-0.4, -0.2) is 28.0 Å². The first-order chi connectivity index (χ1) is 19.6. The number of nitrogens with one attached hydrogen (secondary N) is 2. The second kappa shape index (κ2) is 11.9. The number of anilines is 2. The molecule has 6 rings (SSSR count). The van der Waals surface area contributed by atoms with Crippen molar-refractivity contribution in [2.24, 2.45) is 0 Å². The molecule has 0 atom stereocenters. The van der Waals surface area contributed by atoms with Gasteiger partial charge in [0.25, 0.3) is 0 Å². The summed E-state index contributed by atoms with van der Waals surface area (Å²) >= 11 is 8.90. The molecule has 0 fully saturated rings. The van der Waals surface area contributed by atoms with E-state index in [0.29, 0.717) is 16.2 Å². The van der Waals surface area contributed by atoms with Gasteiger partial charge in [-0.15, -0.1) is 22.7 Å². The molecule has 2 aliphatic heterocycles. The molecule has 0 aliphatic carbocycles. The molecule has 2 aliphatic rings. The predicted molar refractivity (Wildman–Crippen MR) is 166 cm³/mol. The number of thiocarbonyl (C=S) groups is 1. The van der Waals surface area contributed by atoms with Crippen LogP contribution < -0.4 is 10.6 Å². The second-order valence-electron chi connectivity index (χ2n) is 10.1. The van der Waals surface area contributed by atoms with Gasteiger partial charge in [0.05, 0.1) is 11.1 Å². The van der Waals surface area contributed by atoms with Crippen molar-refractivity contribution in [2.45, 2.75) is 39.0 Å². The predicted octanol–water partition coefficient (Wildman–Crippen LogP) is 6.48. The highest BCUT2D eigenvalue weighted by atomic mass is 32.1. The smallest absolute Gasteiger partial charge is 0.176 e. The maximum Gasteiger partial charge on any atom is 0.176 e. The summed E-state index contributed by atoms with van der Waals surface area (Å²) < 4.78 is 0. The minimum absolute atomic E-state index is 0.410. The Morgan fingerprint density at radius 1 is 0.725 bits per heavy atom. The van der Waals surface area contributed by atoms with Gasteiger partial charge >= 0.3 is 0 Å². The zero-order chi connectivity index (χ0) is 27.5. The summed E-state index contributed by atoms with van der Waals surface area (Å²) in [4.78, 5) is 7.27. The first kappa shape index (κ1) is 26.6. The summed E-state index contributed by atoms with van der Waals surface area (Å²) in [5, 5.41) is 28.5. The number of thiophene rings is 2. The highest BCUT2D eigenvalue weighted by Crippen LogP contribution is 2.39. The van der Waals surface area contributed by atoms with Gasteiger partial charge < -0.3 is 10.6 Å². The van der Waals surface area contributed by atoms with E-state index in [4.69, 9.17) is 12.2 Å². The maximum atomic E-state index is 9.98. The highest BCUT2D eigenvalue weighted by molar-refractivity contribution is 7.80. The molecule has 200 valence electrons. The van der Waals surface area contributed by atoms with Crippen LogP contribution in [0.2, 0.25) is 0 Å². The molecule has 4 aromatic rings. The lowest BCUT2D eigenvalue weighted by Gasteiger charge is -2.26. The van der Waals surface area contributed by atoms with Gasteiger partial charge in [-0.3, -0.25) is 9.80 Å². The van der Waals surface area contributed by atoms with Gasteiger partial charge in [-0.25, -0.2) is 0 Å². The summed E-state index contributed by atoms with van der Waals surface area (Å²) in [6.07, 6.45) is 1.69. The normalized spacial score (nSPS) is 14.9. The molecule has 4 heterocycles. The monoisotopic (exact) mass is 580 g/mol. The summed E-state index contributed by atoms with van der Waals surface area (Å²) in [5.41, 5.74) is 6.22. The van der Waals surface area contributed by atoms with E-state index in [0.717, 1.165) is 73.2 Å². The molecular formula is C31H28N6S3. The first-order valence-electron chi connectivity index (χ1n) is 13.3. The molecule has 0 bridgehead atoms. The Balaban J connectivity index is 1.14. The molecule has 0 spiro atoms. The first-order valence-corrected chi connectivity index (χ1v) is 15.3. The Morgan fingerprint density at radius 2 is 1.15 bits per heavy atom. The molecule has 40 heavy (non-hydrogen) atoms. The summed E-state index contributed by atoms with van der Waals surface area (Å²) in [5.74, 6) is 0. The molecule has 2 aromatic heterocycles. The highest BCUT2D eigenvalue weighted by Gasteiger charge is 2.27. The van der Waals surface area contributed by atoms with Gasteiger partial charge in [0.1, 0.15) is 22.1 Å². The SMILES string of the molecule is N#Cc1c(NC(=S)Nc2sc3c(c2C#N)CCN(Cc2ccccc2)C3)sc2c1CCN(Cc1ccccc1)C2.